The Labute approximate surface area is 309 Å². The standard InChI is InChI=1S/C41H72O10/c1-10-11-12-13-14-15-16-17-18-19-20-21-30-35(48-36(50-38(46)40(4,5)6)31(2)26-22-24-28-33(42)43)49-37(51-39(47)41(7,8)9)32(3)27-23-25-29-34(44)45/h31-32,35-37H,10-20,22-29H2,1-9H3,(H,42,43)(H,44,45). The topological polar surface area (TPSA) is 146 Å². The summed E-state index contributed by atoms with van der Waals surface area (Å²) in [6.07, 6.45) is 12.7. The summed E-state index contributed by atoms with van der Waals surface area (Å²) < 4.78 is 24.5. The van der Waals surface area contributed by atoms with Crippen LogP contribution in [0.2, 0.25) is 0 Å². The normalized spacial score (nSPS) is 14.8. The van der Waals surface area contributed by atoms with Gasteiger partial charge in [-0.15, -0.1) is 0 Å². The zero-order chi connectivity index (χ0) is 38.9. The number of carboxylic acid groups (broad SMARTS) is 2. The monoisotopic (exact) mass is 725 g/mol. The number of ether oxygens (including phenoxy) is 4. The summed E-state index contributed by atoms with van der Waals surface area (Å²) in [6.45, 7) is 16.5. The van der Waals surface area contributed by atoms with Gasteiger partial charge in [0, 0.05) is 31.1 Å². The third-order valence-electron chi connectivity index (χ3n) is 8.59. The fraction of sp³-hybridized carbons (Fsp3) is 0.854. The molecule has 0 aliphatic carbocycles. The maximum atomic E-state index is 13.1. The van der Waals surface area contributed by atoms with Crippen LogP contribution in [0.5, 0.6) is 0 Å². The minimum absolute atomic E-state index is 0.0430. The maximum absolute atomic E-state index is 13.1. The molecule has 0 rings (SSSR count). The molecule has 0 amide bonds. The Balaban J connectivity index is 6.06. The van der Waals surface area contributed by atoms with Crippen molar-refractivity contribution in [3.63, 3.8) is 0 Å². The molecule has 51 heavy (non-hydrogen) atoms. The number of hydrogen-bond acceptors (Lipinski definition) is 8. The second-order valence-electron chi connectivity index (χ2n) is 16.1. The Morgan fingerprint density at radius 1 is 0.569 bits per heavy atom. The highest BCUT2D eigenvalue weighted by Gasteiger charge is 2.35. The number of carbonyl (C=O) groups is 4. The summed E-state index contributed by atoms with van der Waals surface area (Å²) in [5.41, 5.74) is -1.62. The van der Waals surface area contributed by atoms with Gasteiger partial charge in [0.25, 0.3) is 0 Å². The molecule has 0 aromatic carbocycles. The van der Waals surface area contributed by atoms with E-state index in [0.29, 0.717) is 44.9 Å². The van der Waals surface area contributed by atoms with Gasteiger partial charge in [-0.2, -0.15) is 0 Å². The van der Waals surface area contributed by atoms with Crippen LogP contribution >= 0.6 is 0 Å². The van der Waals surface area contributed by atoms with E-state index in [1.54, 1.807) is 41.5 Å². The van der Waals surface area contributed by atoms with Crippen LogP contribution < -0.4 is 0 Å². The molecule has 0 aromatic heterocycles. The fourth-order valence-corrected chi connectivity index (χ4v) is 5.08. The first-order valence-electron chi connectivity index (χ1n) is 19.5. The Hall–Kier alpha value is -2.64. The molecular weight excluding hydrogens is 652 g/mol. The molecule has 0 fully saturated rings. The lowest BCUT2D eigenvalue weighted by molar-refractivity contribution is -0.286. The molecule has 0 aromatic rings. The van der Waals surface area contributed by atoms with Crippen LogP contribution in [0.15, 0.2) is 0 Å². The minimum Gasteiger partial charge on any atom is -0.481 e. The average molecular weight is 725 g/mol. The largest absolute Gasteiger partial charge is 0.481 e. The van der Waals surface area contributed by atoms with E-state index in [2.05, 4.69) is 18.8 Å². The van der Waals surface area contributed by atoms with Crippen molar-refractivity contribution < 1.29 is 48.3 Å². The van der Waals surface area contributed by atoms with Crippen LogP contribution in [0.4, 0.5) is 0 Å². The van der Waals surface area contributed by atoms with Crippen molar-refractivity contribution in [2.24, 2.45) is 22.7 Å². The summed E-state index contributed by atoms with van der Waals surface area (Å²) in [5.74, 6) is 2.96. The average Bonchev–Trinajstić information content (AvgIpc) is 3.03. The van der Waals surface area contributed by atoms with Gasteiger partial charge in [0.1, 0.15) is 0 Å². The number of hydrogen-bond donors (Lipinski definition) is 2. The zero-order valence-corrected chi connectivity index (χ0v) is 33.5. The number of carbonyl (C=O) groups excluding carboxylic acids is 2. The van der Waals surface area contributed by atoms with Crippen LogP contribution in [-0.4, -0.2) is 53.0 Å². The number of rotatable bonds is 28. The molecule has 0 aliphatic heterocycles. The maximum Gasteiger partial charge on any atom is 0.313 e. The van der Waals surface area contributed by atoms with E-state index in [1.807, 2.05) is 13.8 Å². The van der Waals surface area contributed by atoms with Gasteiger partial charge < -0.3 is 29.2 Å². The molecule has 0 radical (unpaired) electrons. The predicted octanol–water partition coefficient (Wildman–Crippen LogP) is 10.1. The lowest BCUT2D eigenvalue weighted by Crippen LogP contribution is -2.40. The van der Waals surface area contributed by atoms with E-state index in [-0.39, 0.29) is 24.7 Å². The highest BCUT2D eigenvalue weighted by molar-refractivity contribution is 5.76. The van der Waals surface area contributed by atoms with Gasteiger partial charge in [0.2, 0.25) is 18.9 Å². The van der Waals surface area contributed by atoms with Crippen LogP contribution in [-0.2, 0) is 38.1 Å². The molecule has 0 spiro atoms. The van der Waals surface area contributed by atoms with Crippen LogP contribution in [0.25, 0.3) is 0 Å². The first-order valence-corrected chi connectivity index (χ1v) is 19.5. The van der Waals surface area contributed by atoms with Gasteiger partial charge in [-0.1, -0.05) is 97.3 Å². The second kappa shape index (κ2) is 27.0. The second-order valence-corrected chi connectivity index (χ2v) is 16.1. The summed E-state index contributed by atoms with van der Waals surface area (Å²) in [5, 5.41) is 18.1. The number of unbranched alkanes of at least 4 members (excludes halogenated alkanes) is 12. The van der Waals surface area contributed by atoms with Crippen molar-refractivity contribution in [2.75, 3.05) is 0 Å². The van der Waals surface area contributed by atoms with E-state index >= 15 is 0 Å². The molecule has 10 heteroatoms. The molecule has 2 N–H and O–H groups in total. The van der Waals surface area contributed by atoms with Crippen LogP contribution in [0, 0.1) is 34.5 Å². The van der Waals surface area contributed by atoms with Crippen molar-refractivity contribution in [2.45, 2.75) is 203 Å². The van der Waals surface area contributed by atoms with Gasteiger partial charge >= 0.3 is 23.9 Å². The van der Waals surface area contributed by atoms with Crippen molar-refractivity contribution in [3.05, 3.63) is 0 Å². The fourth-order valence-electron chi connectivity index (χ4n) is 5.08. The Morgan fingerprint density at radius 2 is 0.941 bits per heavy atom. The predicted molar refractivity (Wildman–Crippen MR) is 199 cm³/mol. The van der Waals surface area contributed by atoms with Crippen LogP contribution in [0.1, 0.15) is 184 Å². The molecule has 0 bridgehead atoms. The molecular formula is C41H72O10. The lowest BCUT2D eigenvalue weighted by Gasteiger charge is -2.32. The molecule has 4 atom stereocenters. The highest BCUT2D eigenvalue weighted by atomic mass is 16.8. The first-order chi connectivity index (χ1) is 23.9. The zero-order valence-electron chi connectivity index (χ0n) is 33.5. The van der Waals surface area contributed by atoms with Gasteiger partial charge in [0.15, 0.2) is 0 Å². The molecule has 0 saturated carbocycles. The lowest BCUT2D eigenvalue weighted by atomic mass is 9.97. The van der Waals surface area contributed by atoms with Gasteiger partial charge in [-0.25, -0.2) is 0 Å². The molecule has 296 valence electrons. The van der Waals surface area contributed by atoms with Crippen molar-refractivity contribution in [1.82, 2.24) is 0 Å². The van der Waals surface area contributed by atoms with Crippen LogP contribution in [0.3, 0.4) is 0 Å². The van der Waals surface area contributed by atoms with Gasteiger partial charge in [0.05, 0.1) is 10.8 Å². The Morgan fingerprint density at radius 3 is 1.29 bits per heavy atom. The van der Waals surface area contributed by atoms with Crippen molar-refractivity contribution in [1.29, 1.82) is 0 Å². The molecule has 4 unspecified atom stereocenters. The van der Waals surface area contributed by atoms with Gasteiger partial charge in [-0.3, -0.25) is 19.2 Å². The number of carboxylic acids is 2. The Bertz CT molecular complexity index is 983. The molecule has 0 heterocycles. The minimum atomic E-state index is -1.20. The number of esters is 2. The van der Waals surface area contributed by atoms with E-state index in [0.717, 1.165) is 19.3 Å². The Kier molecular flexibility index (Phi) is 25.6. The molecule has 0 saturated heterocycles. The van der Waals surface area contributed by atoms with E-state index in [9.17, 15) is 19.2 Å². The summed E-state index contributed by atoms with van der Waals surface area (Å²) in [4.78, 5) is 48.2. The molecule has 10 nitrogen and oxygen atoms in total. The van der Waals surface area contributed by atoms with E-state index in [1.165, 1.54) is 44.9 Å². The van der Waals surface area contributed by atoms with E-state index in [4.69, 9.17) is 29.2 Å². The van der Waals surface area contributed by atoms with Crippen molar-refractivity contribution in [3.8, 4) is 11.8 Å². The quantitative estimate of drug-likeness (QED) is 0.0346. The summed E-state index contributed by atoms with van der Waals surface area (Å²) in [7, 11) is 0. The smallest absolute Gasteiger partial charge is 0.313 e. The summed E-state index contributed by atoms with van der Waals surface area (Å²) in [6, 6.07) is 0. The molecule has 0 aliphatic rings. The highest BCUT2D eigenvalue weighted by Crippen LogP contribution is 2.27. The summed E-state index contributed by atoms with van der Waals surface area (Å²) >= 11 is 0. The van der Waals surface area contributed by atoms with Gasteiger partial charge in [-0.05, 0) is 79.6 Å². The van der Waals surface area contributed by atoms with Crippen molar-refractivity contribution >= 4 is 23.9 Å². The third kappa shape index (κ3) is 25.9. The third-order valence-corrected chi connectivity index (χ3v) is 8.59. The van der Waals surface area contributed by atoms with E-state index < -0.39 is 53.6 Å². The first kappa shape index (κ1) is 48.4. The number of aliphatic carboxylic acids is 2. The SMILES string of the molecule is CCCCCCCCCCCCC#CC(OC(OC(=O)C(C)(C)C)C(C)CCCCC(=O)O)OC(OC(=O)C(C)(C)C)C(C)CCCCC(=O)O.